The van der Waals surface area contributed by atoms with Crippen LogP contribution in [0.2, 0.25) is 0 Å². The third-order valence-electron chi connectivity index (χ3n) is 1.31. The fraction of sp³-hybridized carbons (Fsp3) is 0. The zero-order valence-corrected chi connectivity index (χ0v) is 6.58. The van der Waals surface area contributed by atoms with Gasteiger partial charge in [-0.3, -0.25) is 10.4 Å². The van der Waals surface area contributed by atoms with Crippen LogP contribution in [0.15, 0.2) is 36.1 Å². The zero-order chi connectivity index (χ0) is 7.52. The van der Waals surface area contributed by atoms with Gasteiger partial charge in [0.05, 0.1) is 11.9 Å². The number of hydrogen-bond donors (Lipinski definition) is 1. The van der Waals surface area contributed by atoms with Gasteiger partial charge >= 0.3 is 0 Å². The average molecular weight is 165 g/mol. The monoisotopic (exact) mass is 165 g/mol. The molecule has 3 nitrogen and oxygen atoms in total. The van der Waals surface area contributed by atoms with Crippen LogP contribution in [0.3, 0.4) is 0 Å². The van der Waals surface area contributed by atoms with E-state index >= 15 is 0 Å². The van der Waals surface area contributed by atoms with Crippen LogP contribution in [-0.2, 0) is 0 Å². The van der Waals surface area contributed by atoms with Gasteiger partial charge in [-0.05, 0) is 12.1 Å². The summed E-state index contributed by atoms with van der Waals surface area (Å²) in [6.07, 6.45) is 5.46. The molecule has 0 radical (unpaired) electrons. The van der Waals surface area contributed by atoms with Gasteiger partial charge in [-0.2, -0.15) is 0 Å². The van der Waals surface area contributed by atoms with E-state index in [9.17, 15) is 0 Å². The Bertz CT molecular complexity index is 252. The number of pyridine rings is 1. The highest BCUT2D eigenvalue weighted by Gasteiger charge is 2.06. The summed E-state index contributed by atoms with van der Waals surface area (Å²) in [6, 6.07) is 3.91. The van der Waals surface area contributed by atoms with Gasteiger partial charge in [-0.15, -0.1) is 0 Å². The predicted molar refractivity (Wildman–Crippen MR) is 46.6 cm³/mol. The van der Waals surface area contributed by atoms with E-state index in [0.717, 1.165) is 5.69 Å². The first-order chi connectivity index (χ1) is 5.47. The molecular weight excluding hydrogens is 158 g/mol. The number of nitrogens with one attached hydrogen (secondary N) is 1. The number of aromatic nitrogens is 1. The summed E-state index contributed by atoms with van der Waals surface area (Å²) in [5, 5.41) is 1.98. The molecule has 0 saturated heterocycles. The Balaban J connectivity index is 2.17. The van der Waals surface area contributed by atoms with Crippen LogP contribution >= 0.6 is 11.9 Å². The lowest BCUT2D eigenvalue weighted by Gasteiger charge is -2.14. The number of nitrogens with zero attached hydrogens (tertiary/aromatic N) is 2. The summed E-state index contributed by atoms with van der Waals surface area (Å²) in [6.45, 7) is 0. The Labute approximate surface area is 69.2 Å². The molecule has 0 spiro atoms. The lowest BCUT2D eigenvalue weighted by molar-refractivity contribution is 0.976. The second-order valence-electron chi connectivity index (χ2n) is 2.04. The van der Waals surface area contributed by atoms with Gasteiger partial charge in [-0.1, -0.05) is 0 Å². The van der Waals surface area contributed by atoms with E-state index in [1.165, 1.54) is 0 Å². The number of hydrazine groups is 1. The lowest BCUT2D eigenvalue weighted by Crippen LogP contribution is -2.22. The summed E-state index contributed by atoms with van der Waals surface area (Å²) >= 11 is 1.60. The molecule has 1 N–H and O–H groups in total. The quantitative estimate of drug-likeness (QED) is 0.639. The van der Waals surface area contributed by atoms with Crippen molar-refractivity contribution in [3.05, 3.63) is 36.1 Å². The van der Waals surface area contributed by atoms with Crippen LogP contribution in [-0.4, -0.2) is 4.98 Å². The van der Waals surface area contributed by atoms with E-state index in [0.29, 0.717) is 0 Å². The minimum absolute atomic E-state index is 1.06. The van der Waals surface area contributed by atoms with Crippen LogP contribution in [0.4, 0.5) is 5.69 Å². The highest BCUT2D eigenvalue weighted by Crippen LogP contribution is 2.22. The van der Waals surface area contributed by atoms with E-state index in [1.807, 2.05) is 34.4 Å². The van der Waals surface area contributed by atoms with Gasteiger partial charge in [0.1, 0.15) is 0 Å². The van der Waals surface area contributed by atoms with Crippen molar-refractivity contribution in [1.82, 2.24) is 10.4 Å². The standard InChI is InChI=1S/C7H7N3S/c1-2-7(6-8-3-1)10-9-4-5-11-10/h1-6,9H. The minimum atomic E-state index is 1.06. The maximum Gasteiger partial charge on any atom is 0.0887 e. The largest absolute Gasteiger partial charge is 0.295 e. The Morgan fingerprint density at radius 3 is 3.18 bits per heavy atom. The van der Waals surface area contributed by atoms with Crippen molar-refractivity contribution in [1.29, 1.82) is 0 Å². The number of anilines is 1. The molecule has 1 aromatic rings. The zero-order valence-electron chi connectivity index (χ0n) is 5.77. The normalized spacial score (nSPS) is 15.1. The van der Waals surface area contributed by atoms with Crippen LogP contribution < -0.4 is 9.84 Å². The summed E-state index contributed by atoms with van der Waals surface area (Å²) in [5.41, 5.74) is 4.11. The molecule has 0 aliphatic carbocycles. The van der Waals surface area contributed by atoms with Crippen LogP contribution in [0.5, 0.6) is 0 Å². The molecule has 0 bridgehead atoms. The first-order valence-electron chi connectivity index (χ1n) is 3.25. The van der Waals surface area contributed by atoms with E-state index in [1.54, 1.807) is 18.1 Å². The second kappa shape index (κ2) is 2.84. The van der Waals surface area contributed by atoms with Gasteiger partial charge in [0.15, 0.2) is 0 Å². The molecule has 1 aliphatic rings. The van der Waals surface area contributed by atoms with Crippen molar-refractivity contribution in [2.45, 2.75) is 0 Å². The Kier molecular flexibility index (Phi) is 1.69. The Hall–Kier alpha value is -1.16. The highest BCUT2D eigenvalue weighted by atomic mass is 32.2. The molecule has 2 rings (SSSR count). The van der Waals surface area contributed by atoms with Crippen LogP contribution in [0, 0.1) is 0 Å². The molecule has 1 aliphatic heterocycles. The summed E-state index contributed by atoms with van der Waals surface area (Å²) < 4.78 is 1.94. The summed E-state index contributed by atoms with van der Waals surface area (Å²) in [5.74, 6) is 0. The smallest absolute Gasteiger partial charge is 0.0887 e. The van der Waals surface area contributed by atoms with E-state index in [2.05, 4.69) is 10.4 Å². The molecule has 56 valence electrons. The molecule has 0 fully saturated rings. The minimum Gasteiger partial charge on any atom is -0.295 e. The van der Waals surface area contributed by atoms with E-state index in [4.69, 9.17) is 0 Å². The number of hydrogen-bond acceptors (Lipinski definition) is 4. The van der Waals surface area contributed by atoms with E-state index in [-0.39, 0.29) is 0 Å². The van der Waals surface area contributed by atoms with Crippen molar-refractivity contribution in [3.8, 4) is 0 Å². The third-order valence-corrected chi connectivity index (χ3v) is 2.09. The highest BCUT2D eigenvalue weighted by molar-refractivity contribution is 8.03. The molecule has 2 heterocycles. The average Bonchev–Trinajstić information content (AvgIpc) is 2.58. The topological polar surface area (TPSA) is 28.2 Å². The SMILES string of the molecule is C1=CSN(c2cccnc2)N1. The molecule has 0 aromatic carbocycles. The van der Waals surface area contributed by atoms with Crippen molar-refractivity contribution in [2.75, 3.05) is 4.41 Å². The molecule has 1 aromatic heterocycles. The summed E-state index contributed by atoms with van der Waals surface area (Å²) in [7, 11) is 0. The first-order valence-corrected chi connectivity index (χ1v) is 4.08. The fourth-order valence-electron chi connectivity index (χ4n) is 0.829. The third kappa shape index (κ3) is 1.30. The number of rotatable bonds is 1. The molecule has 0 unspecified atom stereocenters. The predicted octanol–water partition coefficient (Wildman–Crippen LogP) is 1.53. The van der Waals surface area contributed by atoms with Gasteiger partial charge in [0.2, 0.25) is 0 Å². The van der Waals surface area contributed by atoms with Gasteiger partial charge in [0.25, 0.3) is 0 Å². The van der Waals surface area contributed by atoms with Crippen molar-refractivity contribution >= 4 is 17.6 Å². The fourth-order valence-corrected chi connectivity index (χ4v) is 1.42. The molecule has 0 atom stereocenters. The Morgan fingerprint density at radius 2 is 2.55 bits per heavy atom. The molecule has 0 amide bonds. The van der Waals surface area contributed by atoms with Crippen molar-refractivity contribution in [2.24, 2.45) is 0 Å². The first kappa shape index (κ1) is 6.54. The molecule has 0 saturated carbocycles. The van der Waals surface area contributed by atoms with E-state index < -0.39 is 0 Å². The molecular formula is C7H7N3S. The van der Waals surface area contributed by atoms with Gasteiger partial charge in [0, 0.05) is 29.8 Å². The molecule has 11 heavy (non-hydrogen) atoms. The maximum atomic E-state index is 4.01. The van der Waals surface area contributed by atoms with Crippen molar-refractivity contribution < 1.29 is 0 Å². The van der Waals surface area contributed by atoms with Gasteiger partial charge in [-0.25, -0.2) is 4.41 Å². The lowest BCUT2D eigenvalue weighted by atomic mass is 10.4. The van der Waals surface area contributed by atoms with Crippen LogP contribution in [0.1, 0.15) is 0 Å². The maximum absolute atomic E-state index is 4.01. The molecule has 4 heteroatoms. The summed E-state index contributed by atoms with van der Waals surface area (Å²) in [4.78, 5) is 4.01. The second-order valence-corrected chi connectivity index (χ2v) is 2.89. The Morgan fingerprint density at radius 1 is 1.55 bits per heavy atom. The van der Waals surface area contributed by atoms with Crippen molar-refractivity contribution in [3.63, 3.8) is 0 Å². The van der Waals surface area contributed by atoms with Gasteiger partial charge < -0.3 is 0 Å². The van der Waals surface area contributed by atoms with Crippen LogP contribution in [0.25, 0.3) is 0 Å².